The lowest BCUT2D eigenvalue weighted by Crippen LogP contribution is -2.35. The molecule has 27 heavy (non-hydrogen) atoms. The molecule has 0 N–H and O–H groups in total. The lowest BCUT2D eigenvalue weighted by Gasteiger charge is -2.28. The molecule has 1 saturated heterocycles. The molecule has 1 amide bonds. The Morgan fingerprint density at radius 2 is 1.93 bits per heavy atom. The minimum atomic E-state index is 0.00749. The first-order valence-corrected chi connectivity index (χ1v) is 9.84. The molecule has 6 heteroatoms. The zero-order chi connectivity index (χ0) is 18.6. The molecule has 3 heterocycles. The number of rotatable bonds is 5. The van der Waals surface area contributed by atoms with Crippen LogP contribution in [-0.2, 0) is 11.3 Å². The highest BCUT2D eigenvalue weighted by Crippen LogP contribution is 2.39. The van der Waals surface area contributed by atoms with E-state index in [0.29, 0.717) is 19.8 Å². The summed E-state index contributed by atoms with van der Waals surface area (Å²) in [6.45, 7) is 3.57. The van der Waals surface area contributed by atoms with E-state index in [1.165, 1.54) is 0 Å². The molecule has 0 radical (unpaired) electrons. The number of nitrogens with zero attached hydrogens (tertiary/aromatic N) is 2. The number of anilines is 1. The van der Waals surface area contributed by atoms with Crippen molar-refractivity contribution in [1.82, 2.24) is 4.90 Å². The third kappa shape index (κ3) is 3.91. The maximum Gasteiger partial charge on any atom is 0.264 e. The first kappa shape index (κ1) is 17.8. The summed E-state index contributed by atoms with van der Waals surface area (Å²) in [5.41, 5.74) is 2.24. The van der Waals surface area contributed by atoms with Gasteiger partial charge in [-0.3, -0.25) is 4.79 Å². The molecule has 0 atom stereocenters. The summed E-state index contributed by atoms with van der Waals surface area (Å²) < 4.78 is 10.9. The lowest BCUT2D eigenvalue weighted by molar-refractivity contribution is 0.0780. The average Bonchev–Trinajstić information content (AvgIpc) is 3.38. The molecule has 0 spiro atoms. The van der Waals surface area contributed by atoms with Crippen LogP contribution in [0.1, 0.15) is 15.4 Å². The van der Waals surface area contributed by atoms with E-state index in [1.807, 2.05) is 36.4 Å². The molecule has 5 nitrogen and oxygen atoms in total. The summed E-state index contributed by atoms with van der Waals surface area (Å²) in [7, 11) is 1.81. The van der Waals surface area contributed by atoms with Crippen molar-refractivity contribution < 1.29 is 13.9 Å². The summed E-state index contributed by atoms with van der Waals surface area (Å²) in [6, 6.07) is 16.0. The minimum absolute atomic E-state index is 0.00749. The number of hydrogen-bond donors (Lipinski definition) is 0. The van der Waals surface area contributed by atoms with E-state index in [0.717, 1.165) is 39.9 Å². The van der Waals surface area contributed by atoms with Gasteiger partial charge in [0.25, 0.3) is 5.91 Å². The summed E-state index contributed by atoms with van der Waals surface area (Å²) in [4.78, 5) is 17.8. The average molecular weight is 382 g/mol. The molecule has 4 rings (SSSR count). The number of hydrogen-bond acceptors (Lipinski definition) is 5. The van der Waals surface area contributed by atoms with Crippen molar-refractivity contribution in [2.45, 2.75) is 6.54 Å². The molecule has 2 aromatic heterocycles. The number of carbonyl (C=O) groups excluding carboxylic acids is 1. The summed E-state index contributed by atoms with van der Waals surface area (Å²) >= 11 is 1.56. The molecule has 1 aliphatic rings. The van der Waals surface area contributed by atoms with E-state index in [-0.39, 0.29) is 5.91 Å². The number of benzene rings is 1. The van der Waals surface area contributed by atoms with E-state index in [1.54, 1.807) is 29.5 Å². The monoisotopic (exact) mass is 382 g/mol. The Bertz CT molecular complexity index is 884. The minimum Gasteiger partial charge on any atom is -0.467 e. The fourth-order valence-corrected chi connectivity index (χ4v) is 4.44. The van der Waals surface area contributed by atoms with Crippen LogP contribution in [-0.4, -0.2) is 44.2 Å². The molecule has 1 aromatic carbocycles. The largest absolute Gasteiger partial charge is 0.467 e. The number of thiophene rings is 1. The van der Waals surface area contributed by atoms with Gasteiger partial charge in [-0.1, -0.05) is 30.3 Å². The van der Waals surface area contributed by atoms with Gasteiger partial charge < -0.3 is 19.0 Å². The Hall–Kier alpha value is -2.57. The smallest absolute Gasteiger partial charge is 0.264 e. The lowest BCUT2D eigenvalue weighted by atomic mass is 10.1. The molecule has 0 unspecified atom stereocenters. The normalized spacial score (nSPS) is 14.3. The zero-order valence-corrected chi connectivity index (χ0v) is 16.1. The fourth-order valence-electron chi connectivity index (χ4n) is 3.21. The first-order valence-electron chi connectivity index (χ1n) is 9.02. The topological polar surface area (TPSA) is 45.9 Å². The van der Waals surface area contributed by atoms with E-state index in [9.17, 15) is 4.79 Å². The highest BCUT2D eigenvalue weighted by molar-refractivity contribution is 7.18. The molecular formula is C21H22N2O3S. The molecule has 0 bridgehead atoms. The Balaban J connectivity index is 1.64. The predicted octanol–water partition coefficient (Wildman–Crippen LogP) is 4.12. The van der Waals surface area contributed by atoms with Gasteiger partial charge in [-0.15, -0.1) is 11.3 Å². The highest BCUT2D eigenvalue weighted by Gasteiger charge is 2.23. The van der Waals surface area contributed by atoms with Crippen molar-refractivity contribution in [2.75, 3.05) is 38.3 Å². The van der Waals surface area contributed by atoms with Crippen molar-refractivity contribution in [3.63, 3.8) is 0 Å². The second-order valence-electron chi connectivity index (χ2n) is 6.54. The number of amides is 1. The molecule has 0 aliphatic carbocycles. The van der Waals surface area contributed by atoms with Gasteiger partial charge in [0.15, 0.2) is 0 Å². The Morgan fingerprint density at radius 3 is 2.63 bits per heavy atom. The van der Waals surface area contributed by atoms with Crippen LogP contribution in [0.3, 0.4) is 0 Å². The van der Waals surface area contributed by atoms with Gasteiger partial charge in [-0.05, 0) is 23.8 Å². The van der Waals surface area contributed by atoms with Gasteiger partial charge in [-0.2, -0.15) is 0 Å². The summed E-state index contributed by atoms with van der Waals surface area (Å²) in [5, 5.41) is 1.14. The molecule has 3 aromatic rings. The predicted molar refractivity (Wildman–Crippen MR) is 107 cm³/mol. The maximum absolute atomic E-state index is 13.0. The van der Waals surface area contributed by atoms with E-state index in [2.05, 4.69) is 17.0 Å². The Morgan fingerprint density at radius 1 is 1.15 bits per heavy atom. The van der Waals surface area contributed by atoms with E-state index in [4.69, 9.17) is 9.15 Å². The second kappa shape index (κ2) is 7.98. The van der Waals surface area contributed by atoms with Crippen molar-refractivity contribution in [3.8, 4) is 11.1 Å². The van der Waals surface area contributed by atoms with Crippen molar-refractivity contribution >= 4 is 22.2 Å². The summed E-state index contributed by atoms with van der Waals surface area (Å²) in [6.07, 6.45) is 1.63. The van der Waals surface area contributed by atoms with Crippen LogP contribution in [0.5, 0.6) is 0 Å². The number of morpholine rings is 1. The SMILES string of the molecule is CN(Cc1ccco1)C(=O)c1cc(-c2ccccc2)c(N2CCOCC2)s1. The van der Waals surface area contributed by atoms with Gasteiger partial charge in [0.05, 0.1) is 35.9 Å². The van der Waals surface area contributed by atoms with Crippen LogP contribution in [0.4, 0.5) is 5.00 Å². The second-order valence-corrected chi connectivity index (χ2v) is 7.57. The van der Waals surface area contributed by atoms with E-state index >= 15 is 0 Å². The summed E-state index contributed by atoms with van der Waals surface area (Å²) in [5.74, 6) is 0.784. The Labute approximate surface area is 162 Å². The number of furan rings is 1. The number of carbonyl (C=O) groups is 1. The molecule has 1 fully saturated rings. The van der Waals surface area contributed by atoms with Crippen LogP contribution in [0.25, 0.3) is 11.1 Å². The first-order chi connectivity index (χ1) is 13.2. The molecule has 140 valence electrons. The third-order valence-electron chi connectivity index (χ3n) is 4.63. The van der Waals surface area contributed by atoms with Crippen LogP contribution in [0.2, 0.25) is 0 Å². The standard InChI is InChI=1S/C21H22N2O3S/c1-22(15-17-8-5-11-26-17)20(24)19-14-18(16-6-3-2-4-7-16)21(27-19)23-9-12-25-13-10-23/h2-8,11,14H,9-10,12-13,15H2,1H3. The van der Waals surface area contributed by atoms with Gasteiger partial charge in [0.2, 0.25) is 0 Å². The van der Waals surface area contributed by atoms with Crippen LogP contribution in [0, 0.1) is 0 Å². The Kier molecular flexibility index (Phi) is 5.27. The fraction of sp³-hybridized carbons (Fsp3) is 0.286. The quantitative estimate of drug-likeness (QED) is 0.666. The van der Waals surface area contributed by atoms with Crippen LogP contribution in [0.15, 0.2) is 59.2 Å². The van der Waals surface area contributed by atoms with Crippen LogP contribution < -0.4 is 4.90 Å². The van der Waals surface area contributed by atoms with Gasteiger partial charge in [-0.25, -0.2) is 0 Å². The van der Waals surface area contributed by atoms with Crippen molar-refractivity contribution in [2.24, 2.45) is 0 Å². The number of ether oxygens (including phenoxy) is 1. The van der Waals surface area contributed by atoms with Crippen molar-refractivity contribution in [1.29, 1.82) is 0 Å². The molecule has 1 aliphatic heterocycles. The van der Waals surface area contributed by atoms with Gasteiger partial charge >= 0.3 is 0 Å². The molecule has 0 saturated carbocycles. The highest BCUT2D eigenvalue weighted by atomic mass is 32.1. The zero-order valence-electron chi connectivity index (χ0n) is 15.3. The van der Waals surface area contributed by atoms with Gasteiger partial charge in [0.1, 0.15) is 5.76 Å². The van der Waals surface area contributed by atoms with Crippen LogP contribution >= 0.6 is 11.3 Å². The molecular weight excluding hydrogens is 360 g/mol. The maximum atomic E-state index is 13.0. The van der Waals surface area contributed by atoms with Gasteiger partial charge in [0, 0.05) is 25.7 Å². The van der Waals surface area contributed by atoms with Crippen molar-refractivity contribution in [3.05, 3.63) is 65.4 Å². The van der Waals surface area contributed by atoms with E-state index < -0.39 is 0 Å². The third-order valence-corrected chi connectivity index (χ3v) is 5.81.